The Labute approximate surface area is 170 Å². The van der Waals surface area contributed by atoms with Gasteiger partial charge in [0.05, 0.1) is 0 Å². The fourth-order valence-electron chi connectivity index (χ4n) is 0.981. The number of alkyl halides is 1. The van der Waals surface area contributed by atoms with Gasteiger partial charge in [-0.1, -0.05) is 15.9 Å². The Kier molecular flexibility index (Phi) is 24.1. The Hall–Kier alpha value is -1.23. The summed E-state index contributed by atoms with van der Waals surface area (Å²) < 4.78 is 18.6. The van der Waals surface area contributed by atoms with Gasteiger partial charge in [-0.3, -0.25) is 4.79 Å². The van der Waals surface area contributed by atoms with Gasteiger partial charge in [-0.15, -0.1) is 0 Å². The van der Waals surface area contributed by atoms with Gasteiger partial charge in [-0.2, -0.15) is 0 Å². The van der Waals surface area contributed by atoms with E-state index in [0.717, 1.165) is 7.11 Å². The van der Waals surface area contributed by atoms with Crippen molar-refractivity contribution in [1.82, 2.24) is 0 Å². The summed E-state index contributed by atoms with van der Waals surface area (Å²) in [4.78, 5) is 30.7. The van der Waals surface area contributed by atoms with E-state index >= 15 is 0 Å². The molecule has 0 aromatic carbocycles. The second-order valence-electron chi connectivity index (χ2n) is 6.57. The molecule has 0 rings (SSSR count). The van der Waals surface area contributed by atoms with Gasteiger partial charge in [-0.05, 0) is 41.5 Å². The molecule has 0 saturated heterocycles. The van der Waals surface area contributed by atoms with Crippen LogP contribution in [0.3, 0.4) is 0 Å². The highest BCUT2D eigenvalue weighted by Gasteiger charge is 2.15. The van der Waals surface area contributed by atoms with Crippen LogP contribution in [-0.4, -0.2) is 79.2 Å². The zero-order valence-electron chi connectivity index (χ0n) is 17.8. The molecule has 10 heteroatoms. The van der Waals surface area contributed by atoms with Crippen LogP contribution >= 0.6 is 15.9 Å². The Morgan fingerprint density at radius 3 is 1.26 bits per heavy atom. The molecule has 0 aliphatic carbocycles. The smallest absolute Gasteiger partial charge is 0.332 e. The summed E-state index contributed by atoms with van der Waals surface area (Å²) in [6, 6.07) is 0. The van der Waals surface area contributed by atoms with E-state index in [4.69, 9.17) is 19.7 Å². The fourth-order valence-corrected chi connectivity index (χ4v) is 1.10. The molecule has 0 unspecified atom stereocenters. The number of aliphatic hydroxyl groups is 1. The molecule has 0 aliphatic heterocycles. The fraction of sp³-hybridized carbons (Fsp3) is 0.824. The van der Waals surface area contributed by atoms with Crippen LogP contribution in [0.2, 0.25) is 0 Å². The lowest BCUT2D eigenvalue weighted by molar-refractivity contribution is -0.159. The highest BCUT2D eigenvalue weighted by atomic mass is 79.9. The number of ether oxygens (including phenoxy) is 4. The maximum Gasteiger partial charge on any atom is 0.332 e. The molecule has 0 aliphatic rings. The van der Waals surface area contributed by atoms with Crippen LogP contribution in [0.4, 0.5) is 0 Å². The highest BCUT2D eigenvalue weighted by molar-refractivity contribution is 9.09. The SMILES string of the molecule is CC(C)(C)OC(=O)CBr.CO.COCC(=O)O.COCC(=O)OC(C)(C)C. The Morgan fingerprint density at radius 1 is 0.778 bits per heavy atom. The van der Waals surface area contributed by atoms with E-state index < -0.39 is 11.6 Å². The number of methoxy groups -OCH3 is 2. The van der Waals surface area contributed by atoms with Crippen molar-refractivity contribution >= 4 is 33.8 Å². The molecule has 27 heavy (non-hydrogen) atoms. The first-order chi connectivity index (χ1) is 12.2. The lowest BCUT2D eigenvalue weighted by atomic mass is 10.2. The summed E-state index contributed by atoms with van der Waals surface area (Å²) in [5.74, 6) is -1.48. The number of aliphatic carboxylic acids is 1. The van der Waals surface area contributed by atoms with Crippen molar-refractivity contribution in [2.75, 3.05) is 39.9 Å². The molecule has 0 amide bonds. The van der Waals surface area contributed by atoms with E-state index in [1.165, 1.54) is 14.2 Å². The molecule has 0 spiro atoms. The van der Waals surface area contributed by atoms with Crippen LogP contribution in [0.5, 0.6) is 0 Å². The molecule has 0 aromatic rings. The van der Waals surface area contributed by atoms with Crippen molar-refractivity contribution in [2.24, 2.45) is 0 Å². The first kappa shape index (κ1) is 33.4. The lowest BCUT2D eigenvalue weighted by Crippen LogP contribution is -2.26. The first-order valence-electron chi connectivity index (χ1n) is 7.82. The standard InChI is InChI=1S/C7H14O3.C6H11BrO2.C3H6O3.CH4O/c1-7(2,3)10-6(8)5-9-4;1-6(2,3)9-5(8)4-7;1-6-2-3(4)5;1-2/h5H2,1-4H3;4H2,1-3H3;2H2,1H3,(H,4,5);2H,1H3. The molecule has 0 saturated carbocycles. The number of carboxylic acid groups (broad SMARTS) is 1. The summed E-state index contributed by atoms with van der Waals surface area (Å²) in [6.45, 7) is 10.8. The monoisotopic (exact) mass is 462 g/mol. The van der Waals surface area contributed by atoms with Crippen molar-refractivity contribution in [3.8, 4) is 0 Å². The molecule has 0 atom stereocenters. The number of hydrogen-bond acceptors (Lipinski definition) is 8. The minimum absolute atomic E-state index is 0.0251. The van der Waals surface area contributed by atoms with Crippen molar-refractivity contribution < 1.29 is 43.5 Å². The minimum Gasteiger partial charge on any atom is -0.480 e. The van der Waals surface area contributed by atoms with E-state index in [1.54, 1.807) is 0 Å². The second kappa shape index (κ2) is 19.5. The zero-order valence-corrected chi connectivity index (χ0v) is 19.3. The van der Waals surface area contributed by atoms with E-state index in [1.807, 2.05) is 41.5 Å². The van der Waals surface area contributed by atoms with Gasteiger partial charge in [0.2, 0.25) is 0 Å². The number of rotatable bonds is 5. The third-order valence-corrected chi connectivity index (χ3v) is 1.94. The normalized spacial score (nSPS) is 9.89. The third kappa shape index (κ3) is 45.7. The Balaban J connectivity index is -0.000000144. The van der Waals surface area contributed by atoms with Gasteiger partial charge in [0.1, 0.15) is 29.7 Å². The van der Waals surface area contributed by atoms with E-state index in [0.29, 0.717) is 0 Å². The number of hydrogen-bond donors (Lipinski definition) is 2. The number of carbonyl (C=O) groups excluding carboxylic acids is 2. The van der Waals surface area contributed by atoms with E-state index in [-0.39, 0.29) is 36.1 Å². The largest absolute Gasteiger partial charge is 0.480 e. The van der Waals surface area contributed by atoms with Crippen LogP contribution in [0.25, 0.3) is 0 Å². The van der Waals surface area contributed by atoms with Gasteiger partial charge in [0.25, 0.3) is 0 Å². The van der Waals surface area contributed by atoms with E-state index in [9.17, 15) is 14.4 Å². The summed E-state index contributed by atoms with van der Waals surface area (Å²) in [7, 11) is 3.80. The average Bonchev–Trinajstić information content (AvgIpc) is 2.47. The molecule has 164 valence electrons. The van der Waals surface area contributed by atoms with Crippen LogP contribution in [0.15, 0.2) is 0 Å². The zero-order chi connectivity index (χ0) is 22.7. The quantitative estimate of drug-likeness (QED) is 0.465. The number of carboxylic acids is 1. The Bertz CT molecular complexity index is 385. The van der Waals surface area contributed by atoms with Crippen LogP contribution < -0.4 is 0 Å². The summed E-state index contributed by atoms with van der Waals surface area (Å²) >= 11 is 2.99. The maximum absolute atomic E-state index is 10.7. The minimum atomic E-state index is -0.933. The number of esters is 2. The van der Waals surface area contributed by atoms with Crippen LogP contribution in [0.1, 0.15) is 41.5 Å². The van der Waals surface area contributed by atoms with Gasteiger partial charge in [0, 0.05) is 21.3 Å². The molecule has 0 heterocycles. The average molecular weight is 463 g/mol. The molecule has 0 fully saturated rings. The van der Waals surface area contributed by atoms with E-state index in [2.05, 4.69) is 25.4 Å². The highest BCUT2D eigenvalue weighted by Crippen LogP contribution is 2.07. The topological polar surface area (TPSA) is 129 Å². The molecule has 0 radical (unpaired) electrons. The number of halogens is 1. The Morgan fingerprint density at radius 2 is 1.11 bits per heavy atom. The maximum atomic E-state index is 10.7. The van der Waals surface area contributed by atoms with Crippen molar-refractivity contribution in [2.45, 2.75) is 52.7 Å². The predicted molar refractivity (Wildman–Crippen MR) is 105 cm³/mol. The molecule has 9 nitrogen and oxygen atoms in total. The van der Waals surface area contributed by atoms with Gasteiger partial charge in [0.15, 0.2) is 0 Å². The molecular formula is C17H35BrO9. The van der Waals surface area contributed by atoms with Gasteiger partial charge >= 0.3 is 17.9 Å². The summed E-state index contributed by atoms with van der Waals surface area (Å²) in [6.07, 6.45) is 0. The lowest BCUT2D eigenvalue weighted by Gasteiger charge is -2.18. The summed E-state index contributed by atoms with van der Waals surface area (Å²) in [5.41, 5.74) is -0.763. The van der Waals surface area contributed by atoms with Crippen LogP contribution in [0, 0.1) is 0 Å². The molecular weight excluding hydrogens is 428 g/mol. The van der Waals surface area contributed by atoms with Crippen molar-refractivity contribution in [1.29, 1.82) is 0 Å². The second-order valence-corrected chi connectivity index (χ2v) is 7.13. The molecule has 0 aromatic heterocycles. The van der Waals surface area contributed by atoms with Crippen molar-refractivity contribution in [3.05, 3.63) is 0 Å². The summed E-state index contributed by atoms with van der Waals surface area (Å²) in [5, 5.41) is 15.1. The first-order valence-corrected chi connectivity index (χ1v) is 8.94. The third-order valence-electron chi connectivity index (χ3n) is 1.48. The van der Waals surface area contributed by atoms with Crippen LogP contribution in [-0.2, 0) is 33.3 Å². The predicted octanol–water partition coefficient (Wildman–Crippen LogP) is 2.02. The van der Waals surface area contributed by atoms with Gasteiger partial charge in [-0.25, -0.2) is 9.59 Å². The number of aliphatic hydroxyl groups excluding tert-OH is 1. The molecule has 2 N–H and O–H groups in total. The number of carbonyl (C=O) groups is 3. The van der Waals surface area contributed by atoms with Gasteiger partial charge < -0.3 is 29.2 Å². The molecule has 0 bridgehead atoms. The van der Waals surface area contributed by atoms with Crippen molar-refractivity contribution in [3.63, 3.8) is 0 Å².